The van der Waals surface area contributed by atoms with Gasteiger partial charge in [0.2, 0.25) is 0 Å². The van der Waals surface area contributed by atoms with Crippen LogP contribution in [0.2, 0.25) is 0 Å². The molecule has 0 radical (unpaired) electrons. The highest BCUT2D eigenvalue weighted by atomic mass is 32.2. The molecule has 0 N–H and O–H groups in total. The lowest BCUT2D eigenvalue weighted by Crippen LogP contribution is -1.88. The van der Waals surface area contributed by atoms with Crippen molar-refractivity contribution >= 4 is 11.8 Å². The Hall–Kier alpha value is -1.22. The molecule has 0 aliphatic carbocycles. The molecule has 0 bridgehead atoms. The molecule has 0 saturated heterocycles. The van der Waals surface area contributed by atoms with Gasteiger partial charge in [0, 0.05) is 18.1 Å². The van der Waals surface area contributed by atoms with E-state index in [4.69, 9.17) is 0 Å². The van der Waals surface area contributed by atoms with Gasteiger partial charge in [-0.25, -0.2) is 0 Å². The molecular weight excluding hydrogens is 228 g/mol. The molecule has 0 fully saturated rings. The van der Waals surface area contributed by atoms with Crippen molar-refractivity contribution in [2.45, 2.75) is 24.7 Å². The quantitative estimate of drug-likeness (QED) is 0.594. The van der Waals surface area contributed by atoms with Crippen LogP contribution in [0.5, 0.6) is 0 Å². The summed E-state index contributed by atoms with van der Waals surface area (Å²) in [5, 5.41) is 4.18. The highest BCUT2D eigenvalue weighted by Gasteiger charge is 1.99. The first kappa shape index (κ1) is 12.2. The molecule has 90 valence electrons. The van der Waals surface area contributed by atoms with E-state index in [-0.39, 0.29) is 0 Å². The van der Waals surface area contributed by atoms with Crippen LogP contribution in [0.4, 0.5) is 0 Å². The molecule has 0 spiro atoms. The van der Waals surface area contributed by atoms with Crippen molar-refractivity contribution in [2.24, 2.45) is 7.05 Å². The lowest BCUT2D eigenvalue weighted by atomic mass is 10.2. The first-order valence-electron chi connectivity index (χ1n) is 5.91. The molecule has 2 nitrogen and oxygen atoms in total. The topological polar surface area (TPSA) is 17.8 Å². The fourth-order valence-electron chi connectivity index (χ4n) is 1.78. The molecular formula is C14H18N2S. The molecule has 1 heterocycles. The van der Waals surface area contributed by atoms with E-state index < -0.39 is 0 Å². The minimum Gasteiger partial charge on any atom is -0.276 e. The van der Waals surface area contributed by atoms with Crippen LogP contribution in [0, 0.1) is 6.92 Å². The zero-order valence-electron chi connectivity index (χ0n) is 10.4. The summed E-state index contributed by atoms with van der Waals surface area (Å²) >= 11 is 1.95. The van der Waals surface area contributed by atoms with Crippen molar-refractivity contribution in [1.29, 1.82) is 0 Å². The molecule has 17 heavy (non-hydrogen) atoms. The summed E-state index contributed by atoms with van der Waals surface area (Å²) in [5.41, 5.74) is 2.71. The summed E-state index contributed by atoms with van der Waals surface area (Å²) in [6.07, 6.45) is 6.37. The van der Waals surface area contributed by atoms with Crippen LogP contribution in [0.3, 0.4) is 0 Å². The van der Waals surface area contributed by atoms with Crippen LogP contribution >= 0.6 is 11.8 Å². The summed E-state index contributed by atoms with van der Waals surface area (Å²) < 4.78 is 1.86. The summed E-state index contributed by atoms with van der Waals surface area (Å²) in [7, 11) is 1.96. The van der Waals surface area contributed by atoms with E-state index >= 15 is 0 Å². The van der Waals surface area contributed by atoms with Crippen molar-refractivity contribution in [3.05, 3.63) is 47.8 Å². The van der Waals surface area contributed by atoms with Gasteiger partial charge in [-0.05, 0) is 42.7 Å². The maximum absolute atomic E-state index is 4.18. The van der Waals surface area contributed by atoms with E-state index in [1.807, 2.05) is 29.7 Å². The van der Waals surface area contributed by atoms with Gasteiger partial charge in [0.15, 0.2) is 0 Å². The van der Waals surface area contributed by atoms with Gasteiger partial charge in [-0.3, -0.25) is 4.68 Å². The first-order valence-corrected chi connectivity index (χ1v) is 6.90. The third-order valence-corrected chi connectivity index (χ3v) is 3.98. The average molecular weight is 246 g/mol. The smallest absolute Gasteiger partial charge is 0.0521 e. The minimum atomic E-state index is 1.12. The van der Waals surface area contributed by atoms with Crippen LogP contribution in [-0.2, 0) is 13.5 Å². The lowest BCUT2D eigenvalue weighted by molar-refractivity contribution is 0.766. The maximum Gasteiger partial charge on any atom is 0.0521 e. The van der Waals surface area contributed by atoms with Crippen molar-refractivity contribution in [1.82, 2.24) is 9.78 Å². The van der Waals surface area contributed by atoms with E-state index in [1.165, 1.54) is 28.2 Å². The van der Waals surface area contributed by atoms with E-state index in [2.05, 4.69) is 42.5 Å². The molecule has 2 aromatic rings. The standard InChI is InChI=1S/C14H18N2S/c1-12-6-3-4-8-14(12)17-9-5-7-13-10-15-16(2)11-13/h3-4,6,8,10-11H,5,7,9H2,1-2H3. The normalized spacial score (nSPS) is 10.7. The van der Waals surface area contributed by atoms with E-state index in [9.17, 15) is 0 Å². The van der Waals surface area contributed by atoms with E-state index in [1.54, 1.807) is 0 Å². The van der Waals surface area contributed by atoms with Crippen LogP contribution in [0.25, 0.3) is 0 Å². The Balaban J connectivity index is 1.75. The molecule has 0 atom stereocenters. The summed E-state index contributed by atoms with van der Waals surface area (Å²) in [6.45, 7) is 2.17. The van der Waals surface area contributed by atoms with Crippen molar-refractivity contribution in [3.63, 3.8) is 0 Å². The Morgan fingerprint density at radius 1 is 1.29 bits per heavy atom. The number of thioether (sulfide) groups is 1. The lowest BCUT2D eigenvalue weighted by Gasteiger charge is -2.04. The molecule has 0 amide bonds. The third-order valence-electron chi connectivity index (χ3n) is 2.72. The Morgan fingerprint density at radius 3 is 2.82 bits per heavy atom. The van der Waals surface area contributed by atoms with Crippen LogP contribution in [0.15, 0.2) is 41.6 Å². The number of aryl methyl sites for hydroxylation is 3. The fraction of sp³-hybridized carbons (Fsp3) is 0.357. The second-order valence-electron chi connectivity index (χ2n) is 4.24. The second kappa shape index (κ2) is 5.92. The van der Waals surface area contributed by atoms with Gasteiger partial charge in [-0.2, -0.15) is 5.10 Å². The van der Waals surface area contributed by atoms with Crippen LogP contribution < -0.4 is 0 Å². The molecule has 0 aliphatic heterocycles. The summed E-state index contributed by atoms with van der Waals surface area (Å²) in [5.74, 6) is 1.17. The average Bonchev–Trinajstić information content (AvgIpc) is 2.73. The first-order chi connectivity index (χ1) is 8.25. The Morgan fingerprint density at radius 2 is 2.12 bits per heavy atom. The zero-order valence-corrected chi connectivity index (χ0v) is 11.2. The van der Waals surface area contributed by atoms with Crippen molar-refractivity contribution in [3.8, 4) is 0 Å². The molecule has 0 aliphatic rings. The highest BCUT2D eigenvalue weighted by molar-refractivity contribution is 7.99. The van der Waals surface area contributed by atoms with Crippen LogP contribution in [0.1, 0.15) is 17.5 Å². The van der Waals surface area contributed by atoms with Crippen molar-refractivity contribution < 1.29 is 0 Å². The molecule has 1 aromatic carbocycles. The molecule has 0 saturated carbocycles. The molecule has 1 aromatic heterocycles. The monoisotopic (exact) mass is 246 g/mol. The number of hydrogen-bond donors (Lipinski definition) is 0. The molecule has 2 rings (SSSR count). The van der Waals surface area contributed by atoms with Gasteiger partial charge in [0.1, 0.15) is 0 Å². The van der Waals surface area contributed by atoms with Gasteiger partial charge in [0.05, 0.1) is 6.20 Å². The fourth-order valence-corrected chi connectivity index (χ4v) is 2.76. The second-order valence-corrected chi connectivity index (χ2v) is 5.38. The van der Waals surface area contributed by atoms with Gasteiger partial charge in [-0.15, -0.1) is 11.8 Å². The van der Waals surface area contributed by atoms with Gasteiger partial charge < -0.3 is 0 Å². The Bertz CT molecular complexity index is 477. The number of benzene rings is 1. The Kier molecular flexibility index (Phi) is 4.26. The minimum absolute atomic E-state index is 1.12. The van der Waals surface area contributed by atoms with Gasteiger partial charge in [0.25, 0.3) is 0 Å². The van der Waals surface area contributed by atoms with E-state index in [0.29, 0.717) is 0 Å². The van der Waals surface area contributed by atoms with Gasteiger partial charge in [-0.1, -0.05) is 18.2 Å². The number of aromatic nitrogens is 2. The molecule has 3 heteroatoms. The SMILES string of the molecule is Cc1ccccc1SCCCc1cnn(C)c1. The largest absolute Gasteiger partial charge is 0.276 e. The summed E-state index contributed by atoms with van der Waals surface area (Å²) in [4.78, 5) is 1.40. The van der Waals surface area contributed by atoms with E-state index in [0.717, 1.165) is 6.42 Å². The Labute approximate surface area is 107 Å². The predicted octanol–water partition coefficient (Wildman–Crippen LogP) is 3.45. The third kappa shape index (κ3) is 3.63. The van der Waals surface area contributed by atoms with Gasteiger partial charge >= 0.3 is 0 Å². The van der Waals surface area contributed by atoms with Crippen LogP contribution in [-0.4, -0.2) is 15.5 Å². The highest BCUT2D eigenvalue weighted by Crippen LogP contribution is 2.22. The summed E-state index contributed by atoms with van der Waals surface area (Å²) in [6, 6.07) is 8.57. The number of rotatable bonds is 5. The molecule has 0 unspecified atom stereocenters. The maximum atomic E-state index is 4.18. The predicted molar refractivity (Wildman–Crippen MR) is 73.4 cm³/mol. The van der Waals surface area contributed by atoms with Crippen molar-refractivity contribution in [2.75, 3.05) is 5.75 Å². The zero-order chi connectivity index (χ0) is 12.1. The number of hydrogen-bond acceptors (Lipinski definition) is 2. The number of nitrogens with zero attached hydrogens (tertiary/aromatic N) is 2.